The van der Waals surface area contributed by atoms with Crippen LogP contribution in [0.3, 0.4) is 0 Å². The van der Waals surface area contributed by atoms with Crippen LogP contribution in [0.5, 0.6) is 11.5 Å². The maximum absolute atomic E-state index is 12.4. The Morgan fingerprint density at radius 2 is 1.96 bits per heavy atom. The van der Waals surface area contributed by atoms with Gasteiger partial charge in [0.25, 0.3) is 0 Å². The molecule has 0 saturated carbocycles. The summed E-state index contributed by atoms with van der Waals surface area (Å²) in [5, 5.41) is 2.92. The van der Waals surface area contributed by atoms with Crippen LogP contribution < -0.4 is 14.8 Å². The van der Waals surface area contributed by atoms with E-state index in [9.17, 15) is 4.79 Å². The highest BCUT2D eigenvalue weighted by molar-refractivity contribution is 8.23. The Morgan fingerprint density at radius 3 is 2.62 bits per heavy atom. The first-order chi connectivity index (χ1) is 12.5. The Hall–Kier alpha value is -1.47. The van der Waals surface area contributed by atoms with Gasteiger partial charge in [-0.25, -0.2) is 0 Å². The zero-order valence-electron chi connectivity index (χ0n) is 15.7. The van der Waals surface area contributed by atoms with Crippen molar-refractivity contribution in [3.05, 3.63) is 18.2 Å². The van der Waals surface area contributed by atoms with Crippen molar-refractivity contribution in [2.24, 2.45) is 5.92 Å². The molecule has 1 aromatic rings. The van der Waals surface area contributed by atoms with Gasteiger partial charge in [-0.3, -0.25) is 4.79 Å². The minimum atomic E-state index is -0.0997. The molecule has 1 aromatic carbocycles. The van der Waals surface area contributed by atoms with E-state index in [1.165, 1.54) is 11.8 Å². The number of thioether (sulfide) groups is 1. The monoisotopic (exact) mass is 396 g/mol. The van der Waals surface area contributed by atoms with Crippen LogP contribution in [0.2, 0.25) is 0 Å². The van der Waals surface area contributed by atoms with Crippen LogP contribution >= 0.6 is 24.0 Å². The lowest BCUT2D eigenvalue weighted by molar-refractivity contribution is -0.113. The summed E-state index contributed by atoms with van der Waals surface area (Å²) < 4.78 is 11.9. The number of hydrogen-bond acceptors (Lipinski definition) is 5. The summed E-state index contributed by atoms with van der Waals surface area (Å²) >= 11 is 6.90. The molecule has 0 spiro atoms. The lowest BCUT2D eigenvalue weighted by Gasteiger charge is -2.31. The van der Waals surface area contributed by atoms with Gasteiger partial charge in [0.1, 0.15) is 15.8 Å². The van der Waals surface area contributed by atoms with Crippen LogP contribution in [-0.2, 0) is 4.79 Å². The van der Waals surface area contributed by atoms with Crippen LogP contribution in [0.1, 0.15) is 33.6 Å². The van der Waals surface area contributed by atoms with Crippen molar-refractivity contribution >= 4 is 39.9 Å². The molecule has 1 aliphatic heterocycles. The third kappa shape index (κ3) is 6.36. The number of hydrogen-bond donors (Lipinski definition) is 1. The lowest BCUT2D eigenvalue weighted by atomic mass is 10.00. The number of piperidine rings is 1. The number of anilines is 1. The maximum Gasteiger partial charge on any atom is 0.234 e. The van der Waals surface area contributed by atoms with Gasteiger partial charge >= 0.3 is 0 Å². The number of thiocarbonyl (C=S) groups is 1. The normalized spacial score (nSPS) is 14.8. The first-order valence-electron chi connectivity index (χ1n) is 9.14. The summed E-state index contributed by atoms with van der Waals surface area (Å²) in [6.07, 6.45) is 2.32. The molecule has 5 nitrogen and oxygen atoms in total. The van der Waals surface area contributed by atoms with Gasteiger partial charge in [0, 0.05) is 19.2 Å². The number of ether oxygens (including phenoxy) is 2. The molecule has 0 atom stereocenters. The van der Waals surface area contributed by atoms with Crippen molar-refractivity contribution < 1.29 is 14.3 Å². The van der Waals surface area contributed by atoms with Gasteiger partial charge in [0.2, 0.25) is 5.91 Å². The van der Waals surface area contributed by atoms with Gasteiger partial charge in [-0.05, 0) is 44.7 Å². The largest absolute Gasteiger partial charge is 0.494 e. The van der Waals surface area contributed by atoms with E-state index in [4.69, 9.17) is 21.7 Å². The van der Waals surface area contributed by atoms with Crippen molar-refractivity contribution in [3.8, 4) is 11.5 Å². The van der Waals surface area contributed by atoms with E-state index in [0.717, 1.165) is 36.2 Å². The average Bonchev–Trinajstić information content (AvgIpc) is 2.63. The van der Waals surface area contributed by atoms with Crippen LogP contribution in [0, 0.1) is 5.92 Å². The highest BCUT2D eigenvalue weighted by atomic mass is 32.2. The number of benzene rings is 1. The summed E-state index contributed by atoms with van der Waals surface area (Å²) in [5.74, 6) is 2.29. The number of rotatable bonds is 7. The molecule has 0 aromatic heterocycles. The summed E-state index contributed by atoms with van der Waals surface area (Å²) in [6, 6.07) is 5.45. The Morgan fingerprint density at radius 1 is 1.27 bits per heavy atom. The first kappa shape index (κ1) is 20.8. The summed E-state index contributed by atoms with van der Waals surface area (Å²) in [7, 11) is 0. The van der Waals surface area contributed by atoms with Gasteiger partial charge in [-0.2, -0.15) is 0 Å². The van der Waals surface area contributed by atoms with E-state index in [0.29, 0.717) is 30.4 Å². The molecule has 1 fully saturated rings. The highest BCUT2D eigenvalue weighted by Crippen LogP contribution is 2.30. The van der Waals surface area contributed by atoms with E-state index in [1.54, 1.807) is 6.07 Å². The molecular weight excluding hydrogens is 368 g/mol. The van der Waals surface area contributed by atoms with Crippen molar-refractivity contribution in [2.75, 3.05) is 37.4 Å². The number of carbonyl (C=O) groups excluding carboxylic acids is 1. The molecule has 0 radical (unpaired) electrons. The van der Waals surface area contributed by atoms with Crippen LogP contribution in [0.4, 0.5) is 5.69 Å². The fourth-order valence-corrected chi connectivity index (χ4v) is 3.79. The van der Waals surface area contributed by atoms with Crippen molar-refractivity contribution in [1.82, 2.24) is 4.90 Å². The molecule has 0 unspecified atom stereocenters. The second kappa shape index (κ2) is 10.6. The van der Waals surface area contributed by atoms with Crippen molar-refractivity contribution in [1.29, 1.82) is 0 Å². The average molecular weight is 397 g/mol. The third-order valence-electron chi connectivity index (χ3n) is 4.20. The number of carbonyl (C=O) groups is 1. The van der Waals surface area contributed by atoms with Gasteiger partial charge in [0.15, 0.2) is 0 Å². The van der Waals surface area contributed by atoms with Gasteiger partial charge in [-0.1, -0.05) is 30.9 Å². The van der Waals surface area contributed by atoms with Crippen LogP contribution in [-0.4, -0.2) is 47.2 Å². The fourth-order valence-electron chi connectivity index (χ4n) is 2.74. The molecule has 7 heteroatoms. The second-order valence-electron chi connectivity index (χ2n) is 6.30. The van der Waals surface area contributed by atoms with Crippen molar-refractivity contribution in [2.45, 2.75) is 33.6 Å². The van der Waals surface area contributed by atoms with Gasteiger partial charge in [-0.15, -0.1) is 0 Å². The van der Waals surface area contributed by atoms with E-state index < -0.39 is 0 Å². The standard InChI is InChI=1S/C19H28N2O3S2/c1-4-23-15-6-7-17(24-5-2)16(12-15)20-18(22)13-26-19(25)21-10-8-14(3)9-11-21/h6-7,12,14H,4-5,8-11,13H2,1-3H3,(H,20,22). The topological polar surface area (TPSA) is 50.8 Å². The lowest BCUT2D eigenvalue weighted by Crippen LogP contribution is -2.36. The molecule has 0 aliphatic carbocycles. The van der Waals surface area contributed by atoms with E-state index >= 15 is 0 Å². The third-order valence-corrected chi connectivity index (χ3v) is 5.73. The zero-order chi connectivity index (χ0) is 18.9. The van der Waals surface area contributed by atoms with E-state index in [1.807, 2.05) is 26.0 Å². The van der Waals surface area contributed by atoms with E-state index in [-0.39, 0.29) is 11.7 Å². The Balaban J connectivity index is 1.90. The molecule has 144 valence electrons. The molecule has 1 amide bonds. The SMILES string of the molecule is CCOc1ccc(OCC)c(NC(=O)CSC(=S)N2CCC(C)CC2)c1. The Labute approximate surface area is 165 Å². The number of nitrogens with zero attached hydrogens (tertiary/aromatic N) is 1. The number of likely N-dealkylation sites (tertiary alicyclic amines) is 1. The second-order valence-corrected chi connectivity index (χ2v) is 7.91. The zero-order valence-corrected chi connectivity index (χ0v) is 17.4. The van der Waals surface area contributed by atoms with Gasteiger partial charge < -0.3 is 19.7 Å². The summed E-state index contributed by atoms with van der Waals surface area (Å²) in [5.41, 5.74) is 0.626. The molecule has 1 aliphatic rings. The minimum absolute atomic E-state index is 0.0997. The Bertz CT molecular complexity index is 617. The molecule has 1 N–H and O–H groups in total. The molecule has 26 heavy (non-hydrogen) atoms. The van der Waals surface area contributed by atoms with E-state index in [2.05, 4.69) is 17.1 Å². The maximum atomic E-state index is 12.4. The summed E-state index contributed by atoms with van der Waals surface area (Å²) in [6.45, 7) is 9.18. The predicted octanol–water partition coefficient (Wildman–Crippen LogP) is 4.17. The van der Waals surface area contributed by atoms with Crippen LogP contribution in [0.25, 0.3) is 0 Å². The quantitative estimate of drug-likeness (QED) is 0.698. The molecular formula is C19H28N2O3S2. The first-order valence-corrected chi connectivity index (χ1v) is 10.5. The molecule has 1 saturated heterocycles. The van der Waals surface area contributed by atoms with Crippen molar-refractivity contribution in [3.63, 3.8) is 0 Å². The van der Waals surface area contributed by atoms with Gasteiger partial charge in [0.05, 0.1) is 24.7 Å². The fraction of sp³-hybridized carbons (Fsp3) is 0.579. The molecule has 1 heterocycles. The highest BCUT2D eigenvalue weighted by Gasteiger charge is 2.19. The number of amides is 1. The predicted molar refractivity (Wildman–Crippen MR) is 112 cm³/mol. The minimum Gasteiger partial charge on any atom is -0.494 e. The Kier molecular flexibility index (Phi) is 8.51. The molecule has 0 bridgehead atoms. The molecule has 2 rings (SSSR count). The smallest absolute Gasteiger partial charge is 0.234 e. The summed E-state index contributed by atoms with van der Waals surface area (Å²) in [4.78, 5) is 14.6. The van der Waals surface area contributed by atoms with Crippen LogP contribution in [0.15, 0.2) is 18.2 Å². The number of nitrogens with one attached hydrogen (secondary N) is 1.